The molecule has 0 aliphatic carbocycles. The average molecular weight is 238 g/mol. The summed E-state index contributed by atoms with van der Waals surface area (Å²) >= 11 is 5.29. The maximum atomic E-state index is 5.29. The van der Waals surface area contributed by atoms with Gasteiger partial charge in [-0.05, 0) is 30.4 Å². The lowest BCUT2D eigenvalue weighted by Gasteiger charge is -2.04. The second-order valence-electron chi connectivity index (χ2n) is 3.79. The van der Waals surface area contributed by atoms with Crippen molar-refractivity contribution in [1.82, 2.24) is 9.38 Å². The number of fused-ring (bicyclic) bond motifs is 1. The molecule has 0 atom stereocenters. The largest absolute Gasteiger partial charge is 0.293 e. The van der Waals surface area contributed by atoms with Crippen LogP contribution in [0.3, 0.4) is 0 Å². The van der Waals surface area contributed by atoms with E-state index in [-0.39, 0.29) is 0 Å². The van der Waals surface area contributed by atoms with Crippen LogP contribution in [-0.4, -0.2) is 9.38 Å². The summed E-state index contributed by atoms with van der Waals surface area (Å²) in [5.74, 6) is 0. The predicted molar refractivity (Wildman–Crippen MR) is 71.5 cm³/mol. The summed E-state index contributed by atoms with van der Waals surface area (Å²) in [5.41, 5.74) is 3.07. The SMILES string of the molecule is S=c1nc(-c2ccccc2)cc2ccccn12. The number of hydrogen-bond acceptors (Lipinski definition) is 2. The molecular weight excluding hydrogens is 228 g/mol. The second kappa shape index (κ2) is 4.11. The van der Waals surface area contributed by atoms with Crippen molar-refractivity contribution in [3.8, 4) is 11.3 Å². The number of hydrogen-bond donors (Lipinski definition) is 0. The molecule has 17 heavy (non-hydrogen) atoms. The van der Waals surface area contributed by atoms with Gasteiger partial charge < -0.3 is 0 Å². The first-order chi connectivity index (χ1) is 8.34. The Morgan fingerprint density at radius 2 is 1.71 bits per heavy atom. The third-order valence-corrected chi connectivity index (χ3v) is 2.96. The van der Waals surface area contributed by atoms with Crippen LogP contribution < -0.4 is 0 Å². The number of rotatable bonds is 1. The van der Waals surface area contributed by atoms with Gasteiger partial charge in [0.2, 0.25) is 4.77 Å². The van der Waals surface area contributed by atoms with Crippen LogP contribution in [0.25, 0.3) is 16.8 Å². The first-order valence-corrected chi connectivity index (χ1v) is 5.79. The summed E-state index contributed by atoms with van der Waals surface area (Å²) in [5, 5.41) is 0. The third-order valence-electron chi connectivity index (χ3n) is 2.67. The first kappa shape index (κ1) is 10.2. The molecule has 0 bridgehead atoms. The summed E-state index contributed by atoms with van der Waals surface area (Å²) in [6.45, 7) is 0. The Bertz CT molecular complexity index is 717. The maximum absolute atomic E-state index is 5.29. The minimum absolute atomic E-state index is 0.585. The minimum atomic E-state index is 0.585. The molecule has 3 heteroatoms. The van der Waals surface area contributed by atoms with Crippen LogP contribution in [-0.2, 0) is 0 Å². The summed E-state index contributed by atoms with van der Waals surface area (Å²) in [6, 6.07) is 18.1. The zero-order valence-electron chi connectivity index (χ0n) is 9.08. The van der Waals surface area contributed by atoms with E-state index in [0.717, 1.165) is 16.8 Å². The molecule has 1 aromatic carbocycles. The van der Waals surface area contributed by atoms with Gasteiger partial charge in [-0.1, -0.05) is 36.4 Å². The molecule has 3 rings (SSSR count). The average Bonchev–Trinajstić information content (AvgIpc) is 2.40. The van der Waals surface area contributed by atoms with Gasteiger partial charge >= 0.3 is 0 Å². The predicted octanol–water partition coefficient (Wildman–Crippen LogP) is 3.73. The Hall–Kier alpha value is -2.00. The highest BCUT2D eigenvalue weighted by Crippen LogP contribution is 2.18. The van der Waals surface area contributed by atoms with Gasteiger partial charge in [0.25, 0.3) is 0 Å². The Balaban J connectivity index is 2.30. The fourth-order valence-electron chi connectivity index (χ4n) is 1.83. The van der Waals surface area contributed by atoms with E-state index in [9.17, 15) is 0 Å². The maximum Gasteiger partial charge on any atom is 0.204 e. The van der Waals surface area contributed by atoms with Crippen LogP contribution in [0.4, 0.5) is 0 Å². The van der Waals surface area contributed by atoms with E-state index in [1.807, 2.05) is 65.2 Å². The Labute approximate surface area is 104 Å². The highest BCUT2D eigenvalue weighted by molar-refractivity contribution is 7.71. The molecule has 0 fully saturated rings. The van der Waals surface area contributed by atoms with Crippen LogP contribution in [0.1, 0.15) is 0 Å². The van der Waals surface area contributed by atoms with Gasteiger partial charge in [-0.25, -0.2) is 4.98 Å². The van der Waals surface area contributed by atoms with E-state index in [4.69, 9.17) is 12.2 Å². The molecule has 0 radical (unpaired) electrons. The van der Waals surface area contributed by atoms with Crippen molar-refractivity contribution in [1.29, 1.82) is 0 Å². The zero-order chi connectivity index (χ0) is 11.7. The number of nitrogens with zero attached hydrogens (tertiary/aromatic N) is 2. The molecule has 0 aliphatic rings. The summed E-state index contributed by atoms with van der Waals surface area (Å²) in [6.07, 6.45) is 1.93. The number of pyridine rings is 1. The molecule has 0 N–H and O–H groups in total. The van der Waals surface area contributed by atoms with E-state index >= 15 is 0 Å². The lowest BCUT2D eigenvalue weighted by atomic mass is 10.1. The monoisotopic (exact) mass is 238 g/mol. The van der Waals surface area contributed by atoms with Crippen molar-refractivity contribution in [3.63, 3.8) is 0 Å². The molecule has 0 amide bonds. The third kappa shape index (κ3) is 1.85. The molecule has 0 saturated carbocycles. The van der Waals surface area contributed by atoms with Crippen LogP contribution in [0, 0.1) is 4.77 Å². The van der Waals surface area contributed by atoms with Crippen LogP contribution in [0.5, 0.6) is 0 Å². The lowest BCUT2D eigenvalue weighted by molar-refractivity contribution is 1.05. The summed E-state index contributed by atoms with van der Waals surface area (Å²) in [7, 11) is 0. The second-order valence-corrected chi connectivity index (χ2v) is 4.15. The van der Waals surface area contributed by atoms with Crippen LogP contribution >= 0.6 is 12.2 Å². The van der Waals surface area contributed by atoms with E-state index in [2.05, 4.69) is 4.98 Å². The zero-order valence-corrected chi connectivity index (χ0v) is 9.89. The first-order valence-electron chi connectivity index (χ1n) is 5.38. The van der Waals surface area contributed by atoms with Crippen molar-refractivity contribution in [2.75, 3.05) is 0 Å². The van der Waals surface area contributed by atoms with Crippen LogP contribution in [0.2, 0.25) is 0 Å². The highest BCUT2D eigenvalue weighted by atomic mass is 32.1. The quantitative estimate of drug-likeness (QED) is 0.601. The minimum Gasteiger partial charge on any atom is -0.293 e. The molecular formula is C14H10N2S. The van der Waals surface area contributed by atoms with Crippen molar-refractivity contribution >= 4 is 17.7 Å². The standard InChI is InChI=1S/C14H10N2S/c17-14-15-13(11-6-2-1-3-7-11)10-12-8-4-5-9-16(12)14/h1-10H. The molecule has 0 aliphatic heterocycles. The molecule has 2 aromatic heterocycles. The van der Waals surface area contributed by atoms with Gasteiger partial charge in [-0.2, -0.15) is 0 Å². The Morgan fingerprint density at radius 3 is 2.53 bits per heavy atom. The van der Waals surface area contributed by atoms with Crippen LogP contribution in [0.15, 0.2) is 60.8 Å². The molecule has 3 aromatic rings. The fourth-order valence-corrected chi connectivity index (χ4v) is 2.10. The summed E-state index contributed by atoms with van der Waals surface area (Å²) < 4.78 is 2.49. The van der Waals surface area contributed by atoms with Crippen molar-refractivity contribution in [3.05, 3.63) is 65.6 Å². The van der Waals surface area contributed by atoms with Gasteiger partial charge in [0.05, 0.1) is 5.69 Å². The molecule has 2 nitrogen and oxygen atoms in total. The smallest absolute Gasteiger partial charge is 0.204 e. The van der Waals surface area contributed by atoms with Crippen molar-refractivity contribution in [2.45, 2.75) is 0 Å². The van der Waals surface area contributed by atoms with Gasteiger partial charge in [-0.3, -0.25) is 4.40 Å². The Morgan fingerprint density at radius 1 is 0.941 bits per heavy atom. The normalized spacial score (nSPS) is 10.6. The van der Waals surface area contributed by atoms with E-state index in [1.165, 1.54) is 0 Å². The molecule has 2 heterocycles. The highest BCUT2D eigenvalue weighted by Gasteiger charge is 2.01. The summed E-state index contributed by atoms with van der Waals surface area (Å²) in [4.78, 5) is 4.45. The molecule has 0 spiro atoms. The van der Waals surface area contributed by atoms with E-state index in [0.29, 0.717) is 4.77 Å². The molecule has 82 valence electrons. The molecule has 0 saturated heterocycles. The lowest BCUT2D eigenvalue weighted by Crippen LogP contribution is -1.94. The fraction of sp³-hybridized carbons (Fsp3) is 0. The Kier molecular flexibility index (Phi) is 2.46. The van der Waals surface area contributed by atoms with Crippen molar-refractivity contribution < 1.29 is 0 Å². The number of benzene rings is 1. The van der Waals surface area contributed by atoms with E-state index < -0.39 is 0 Å². The van der Waals surface area contributed by atoms with E-state index in [1.54, 1.807) is 0 Å². The number of aromatic nitrogens is 2. The van der Waals surface area contributed by atoms with Gasteiger partial charge in [0.1, 0.15) is 0 Å². The van der Waals surface area contributed by atoms with Gasteiger partial charge in [0, 0.05) is 17.3 Å². The molecule has 0 unspecified atom stereocenters. The van der Waals surface area contributed by atoms with Gasteiger partial charge in [0.15, 0.2) is 0 Å². The van der Waals surface area contributed by atoms with Gasteiger partial charge in [-0.15, -0.1) is 0 Å². The van der Waals surface area contributed by atoms with Crippen molar-refractivity contribution in [2.24, 2.45) is 0 Å². The topological polar surface area (TPSA) is 17.3 Å².